The molecule has 0 radical (unpaired) electrons. The van der Waals surface area contributed by atoms with Crippen LogP contribution in [0.15, 0.2) is 0 Å². The Bertz CT molecular complexity index is 142. The molecule has 78 valence electrons. The van der Waals surface area contributed by atoms with Crippen molar-refractivity contribution in [1.29, 1.82) is 0 Å². The third-order valence-electron chi connectivity index (χ3n) is 1.61. The first-order valence-corrected chi connectivity index (χ1v) is 5.90. The van der Waals surface area contributed by atoms with Crippen LogP contribution in [0.1, 0.15) is 26.7 Å². The molecule has 0 heterocycles. The maximum atomic E-state index is 11.0. The summed E-state index contributed by atoms with van der Waals surface area (Å²) >= 11 is 1.67. The first-order chi connectivity index (χ1) is 6.20. The van der Waals surface area contributed by atoms with Gasteiger partial charge in [-0.05, 0) is 26.5 Å². The molecule has 0 fully saturated rings. The second-order valence-corrected chi connectivity index (χ2v) is 3.87. The number of rotatable bonds is 7. The molecule has 1 atom stereocenters. The Labute approximate surface area is 84.6 Å². The summed E-state index contributed by atoms with van der Waals surface area (Å²) in [6.45, 7) is 5.31. The fourth-order valence-electron chi connectivity index (χ4n) is 0.836. The quantitative estimate of drug-likeness (QED) is 0.507. The van der Waals surface area contributed by atoms with Crippen molar-refractivity contribution in [3.63, 3.8) is 0 Å². The predicted octanol–water partition coefficient (Wildman–Crippen LogP) is 1.63. The van der Waals surface area contributed by atoms with Crippen LogP contribution in [-0.4, -0.2) is 30.8 Å². The Kier molecular flexibility index (Phi) is 8.24. The lowest BCUT2D eigenvalue weighted by Gasteiger charge is -2.09. The Morgan fingerprint density at radius 2 is 2.31 bits per heavy atom. The van der Waals surface area contributed by atoms with E-state index >= 15 is 0 Å². The van der Waals surface area contributed by atoms with Gasteiger partial charge >= 0.3 is 0 Å². The fraction of sp³-hybridized carbons (Fsp3) is 0.889. The fourth-order valence-corrected chi connectivity index (χ4v) is 1.07. The average Bonchev–Trinajstić information content (AvgIpc) is 2.12. The van der Waals surface area contributed by atoms with Crippen molar-refractivity contribution in [2.45, 2.75) is 32.1 Å². The van der Waals surface area contributed by atoms with Crippen molar-refractivity contribution < 1.29 is 9.53 Å². The summed E-state index contributed by atoms with van der Waals surface area (Å²) in [6.07, 6.45) is 3.38. The van der Waals surface area contributed by atoms with Gasteiger partial charge in [-0.25, -0.2) is 0 Å². The van der Waals surface area contributed by atoms with Gasteiger partial charge in [0, 0.05) is 19.6 Å². The lowest BCUT2D eigenvalue weighted by Crippen LogP contribution is -2.22. The van der Waals surface area contributed by atoms with Crippen LogP contribution >= 0.6 is 11.8 Å². The van der Waals surface area contributed by atoms with Gasteiger partial charge in [0.15, 0.2) is 0 Å². The monoisotopic (exact) mass is 205 g/mol. The van der Waals surface area contributed by atoms with E-state index in [1.165, 1.54) is 0 Å². The molecule has 0 saturated carbocycles. The lowest BCUT2D eigenvalue weighted by atomic mass is 10.3. The van der Waals surface area contributed by atoms with Crippen LogP contribution in [0.3, 0.4) is 0 Å². The molecule has 13 heavy (non-hydrogen) atoms. The van der Waals surface area contributed by atoms with Gasteiger partial charge in [-0.3, -0.25) is 4.79 Å². The van der Waals surface area contributed by atoms with Gasteiger partial charge in [-0.15, -0.1) is 11.8 Å². The van der Waals surface area contributed by atoms with E-state index in [0.29, 0.717) is 19.6 Å². The van der Waals surface area contributed by atoms with E-state index in [1.54, 1.807) is 11.8 Å². The molecule has 1 unspecified atom stereocenters. The Hall–Kier alpha value is -0.220. The zero-order valence-corrected chi connectivity index (χ0v) is 9.45. The van der Waals surface area contributed by atoms with Crippen LogP contribution in [0.2, 0.25) is 0 Å². The van der Waals surface area contributed by atoms with E-state index in [9.17, 15) is 4.79 Å². The highest BCUT2D eigenvalue weighted by Crippen LogP contribution is 2.06. The van der Waals surface area contributed by atoms with Crippen LogP contribution in [0.4, 0.5) is 0 Å². The minimum absolute atomic E-state index is 0.114. The molecular formula is C9H19NO2S. The molecule has 0 bridgehead atoms. The van der Waals surface area contributed by atoms with E-state index in [4.69, 9.17) is 4.74 Å². The maximum Gasteiger partial charge on any atom is 0.220 e. The number of hydrogen-bond acceptors (Lipinski definition) is 3. The van der Waals surface area contributed by atoms with Crippen LogP contribution < -0.4 is 5.32 Å². The van der Waals surface area contributed by atoms with Crippen molar-refractivity contribution in [3.8, 4) is 0 Å². The standard InChI is InChI=1S/C9H19NO2S/c1-4-10-9(11)6-5-7-12-8(2)13-3/h8H,4-7H2,1-3H3,(H,10,11). The SMILES string of the molecule is CCNC(=O)CCCOC(C)SC. The Morgan fingerprint density at radius 3 is 2.85 bits per heavy atom. The summed E-state index contributed by atoms with van der Waals surface area (Å²) in [7, 11) is 0. The number of carbonyl (C=O) groups is 1. The van der Waals surface area contributed by atoms with Crippen LogP contribution in [0, 0.1) is 0 Å². The zero-order valence-electron chi connectivity index (χ0n) is 8.63. The van der Waals surface area contributed by atoms with Gasteiger partial charge in [0.2, 0.25) is 5.91 Å². The summed E-state index contributed by atoms with van der Waals surface area (Å²) in [5.41, 5.74) is 0.231. The summed E-state index contributed by atoms with van der Waals surface area (Å²) in [5.74, 6) is 0.114. The van der Waals surface area contributed by atoms with Gasteiger partial charge < -0.3 is 10.1 Å². The second kappa shape index (κ2) is 8.38. The van der Waals surface area contributed by atoms with Gasteiger partial charge in [-0.1, -0.05) is 0 Å². The number of hydrogen-bond donors (Lipinski definition) is 1. The summed E-state index contributed by atoms with van der Waals surface area (Å²) < 4.78 is 5.40. The zero-order chi connectivity index (χ0) is 10.1. The second-order valence-electron chi connectivity index (χ2n) is 2.73. The van der Waals surface area contributed by atoms with Crippen molar-refractivity contribution >= 4 is 17.7 Å². The topological polar surface area (TPSA) is 38.3 Å². The third-order valence-corrected chi connectivity index (χ3v) is 2.41. The van der Waals surface area contributed by atoms with E-state index < -0.39 is 0 Å². The average molecular weight is 205 g/mol. The number of ether oxygens (including phenoxy) is 1. The molecule has 0 spiro atoms. The van der Waals surface area contributed by atoms with Crippen LogP contribution in [0.5, 0.6) is 0 Å². The van der Waals surface area contributed by atoms with Gasteiger partial charge in [0.25, 0.3) is 0 Å². The lowest BCUT2D eigenvalue weighted by molar-refractivity contribution is -0.121. The number of amides is 1. The normalized spacial score (nSPS) is 12.5. The van der Waals surface area contributed by atoms with E-state index in [2.05, 4.69) is 5.32 Å². The minimum Gasteiger partial charge on any atom is -0.368 e. The molecule has 0 aliphatic rings. The van der Waals surface area contributed by atoms with Gasteiger partial charge in [-0.2, -0.15) is 0 Å². The smallest absolute Gasteiger partial charge is 0.220 e. The summed E-state index contributed by atoms with van der Waals surface area (Å²) in [4.78, 5) is 11.0. The molecule has 1 amide bonds. The molecule has 0 aliphatic heterocycles. The van der Waals surface area contributed by atoms with Crippen LogP contribution in [-0.2, 0) is 9.53 Å². The van der Waals surface area contributed by atoms with Gasteiger partial charge in [0.05, 0.1) is 5.44 Å². The summed E-state index contributed by atoms with van der Waals surface area (Å²) in [5, 5.41) is 2.75. The molecule has 3 nitrogen and oxygen atoms in total. The first kappa shape index (κ1) is 12.8. The van der Waals surface area contributed by atoms with Crippen molar-refractivity contribution in [2.24, 2.45) is 0 Å². The number of thioether (sulfide) groups is 1. The van der Waals surface area contributed by atoms with E-state index in [-0.39, 0.29) is 11.3 Å². The molecule has 0 aromatic heterocycles. The van der Waals surface area contributed by atoms with E-state index in [0.717, 1.165) is 6.42 Å². The third kappa shape index (κ3) is 8.12. The molecule has 4 heteroatoms. The Morgan fingerprint density at radius 1 is 1.62 bits per heavy atom. The maximum absolute atomic E-state index is 11.0. The van der Waals surface area contributed by atoms with E-state index in [1.807, 2.05) is 20.1 Å². The highest BCUT2D eigenvalue weighted by atomic mass is 32.2. The molecule has 0 rings (SSSR count). The largest absolute Gasteiger partial charge is 0.368 e. The Balaban J connectivity index is 3.20. The molecule has 0 aromatic carbocycles. The highest BCUT2D eigenvalue weighted by molar-refractivity contribution is 7.99. The molecule has 0 aromatic rings. The number of nitrogens with one attached hydrogen (secondary N) is 1. The summed E-state index contributed by atoms with van der Waals surface area (Å²) in [6, 6.07) is 0. The predicted molar refractivity (Wildman–Crippen MR) is 56.8 cm³/mol. The van der Waals surface area contributed by atoms with Gasteiger partial charge in [0.1, 0.15) is 0 Å². The van der Waals surface area contributed by atoms with Crippen molar-refractivity contribution in [1.82, 2.24) is 5.32 Å². The first-order valence-electron chi connectivity index (χ1n) is 4.61. The van der Waals surface area contributed by atoms with Crippen molar-refractivity contribution in [3.05, 3.63) is 0 Å². The molecule has 0 saturated heterocycles. The molecule has 0 aliphatic carbocycles. The molecule has 1 N–H and O–H groups in total. The number of carbonyl (C=O) groups excluding carboxylic acids is 1. The van der Waals surface area contributed by atoms with Crippen molar-refractivity contribution in [2.75, 3.05) is 19.4 Å². The van der Waals surface area contributed by atoms with Crippen LogP contribution in [0.25, 0.3) is 0 Å². The minimum atomic E-state index is 0.114. The highest BCUT2D eigenvalue weighted by Gasteiger charge is 2.01. The molecular weight excluding hydrogens is 186 g/mol.